The van der Waals surface area contributed by atoms with E-state index in [1.807, 2.05) is 24.3 Å². The average Bonchev–Trinajstić information content (AvgIpc) is 3.00. The van der Waals surface area contributed by atoms with Crippen LogP contribution in [0.1, 0.15) is 24.8 Å². The third-order valence-corrected chi connectivity index (χ3v) is 4.43. The van der Waals surface area contributed by atoms with E-state index in [0.717, 1.165) is 23.4 Å². The van der Waals surface area contributed by atoms with Gasteiger partial charge in [0, 0.05) is 17.5 Å². The van der Waals surface area contributed by atoms with Crippen LogP contribution in [-0.4, -0.2) is 11.9 Å². The van der Waals surface area contributed by atoms with Gasteiger partial charge in [-0.25, -0.2) is 0 Å². The quantitative estimate of drug-likeness (QED) is 0.839. The number of rotatable bonds is 4. The molecule has 1 amide bonds. The van der Waals surface area contributed by atoms with Gasteiger partial charge in [-0.3, -0.25) is 4.79 Å². The first-order valence-electron chi connectivity index (χ1n) is 6.93. The molecule has 3 atom stereocenters. The lowest BCUT2D eigenvalue weighted by Gasteiger charge is -2.19. The highest BCUT2D eigenvalue weighted by molar-refractivity contribution is 6.30. The molecular formula is C16H18ClNO. The number of nitrogens with one attached hydrogen (secondary N) is 1. The van der Waals surface area contributed by atoms with E-state index in [1.54, 1.807) is 0 Å². The second-order valence-electron chi connectivity index (χ2n) is 5.58. The van der Waals surface area contributed by atoms with Crippen molar-refractivity contribution in [2.45, 2.75) is 31.7 Å². The Morgan fingerprint density at radius 2 is 2.00 bits per heavy atom. The van der Waals surface area contributed by atoms with Gasteiger partial charge in [0.25, 0.3) is 0 Å². The molecule has 1 aromatic rings. The van der Waals surface area contributed by atoms with E-state index in [4.69, 9.17) is 11.6 Å². The Balaban J connectivity index is 1.47. The molecule has 1 aromatic carbocycles. The Hall–Kier alpha value is -1.28. The number of hydrogen-bond donors (Lipinski definition) is 1. The molecule has 100 valence electrons. The van der Waals surface area contributed by atoms with Gasteiger partial charge in [-0.15, -0.1) is 0 Å². The van der Waals surface area contributed by atoms with E-state index in [-0.39, 0.29) is 5.91 Å². The molecule has 2 aliphatic carbocycles. The number of benzene rings is 1. The molecular weight excluding hydrogens is 258 g/mol. The molecule has 0 aromatic heterocycles. The zero-order valence-electron chi connectivity index (χ0n) is 10.8. The Bertz CT molecular complexity index is 494. The van der Waals surface area contributed by atoms with Crippen LogP contribution >= 0.6 is 11.6 Å². The highest BCUT2D eigenvalue weighted by Crippen LogP contribution is 2.38. The van der Waals surface area contributed by atoms with E-state index in [0.29, 0.717) is 24.3 Å². The van der Waals surface area contributed by atoms with E-state index in [2.05, 4.69) is 17.5 Å². The van der Waals surface area contributed by atoms with Crippen molar-refractivity contribution in [3.05, 3.63) is 47.0 Å². The van der Waals surface area contributed by atoms with Gasteiger partial charge in [0.2, 0.25) is 5.91 Å². The van der Waals surface area contributed by atoms with Crippen molar-refractivity contribution in [1.82, 2.24) is 5.32 Å². The molecule has 3 heteroatoms. The van der Waals surface area contributed by atoms with Gasteiger partial charge in [0.1, 0.15) is 0 Å². The lowest BCUT2D eigenvalue weighted by Crippen LogP contribution is -2.37. The van der Waals surface area contributed by atoms with Crippen LogP contribution in [0.2, 0.25) is 5.02 Å². The molecule has 0 heterocycles. The fourth-order valence-electron chi connectivity index (χ4n) is 3.13. The molecule has 1 fully saturated rings. The van der Waals surface area contributed by atoms with Crippen molar-refractivity contribution >= 4 is 17.5 Å². The summed E-state index contributed by atoms with van der Waals surface area (Å²) in [5.74, 6) is 1.44. The van der Waals surface area contributed by atoms with Crippen molar-refractivity contribution < 1.29 is 4.79 Å². The summed E-state index contributed by atoms with van der Waals surface area (Å²) in [4.78, 5) is 12.0. The number of aryl methyl sites for hydroxylation is 1. The summed E-state index contributed by atoms with van der Waals surface area (Å²) < 4.78 is 0. The van der Waals surface area contributed by atoms with Crippen LogP contribution in [0.5, 0.6) is 0 Å². The van der Waals surface area contributed by atoms with E-state index in [9.17, 15) is 4.79 Å². The SMILES string of the molecule is O=C(CCc1ccc(Cl)cc1)NC1CC2C=CC1C2. The molecule has 2 bridgehead atoms. The zero-order chi connectivity index (χ0) is 13.2. The van der Waals surface area contributed by atoms with Gasteiger partial charge >= 0.3 is 0 Å². The third kappa shape index (κ3) is 3.01. The number of hydrogen-bond acceptors (Lipinski definition) is 1. The molecule has 0 aliphatic heterocycles. The minimum absolute atomic E-state index is 0.167. The molecule has 3 rings (SSSR count). The fourth-order valence-corrected chi connectivity index (χ4v) is 3.26. The number of allylic oxidation sites excluding steroid dienone is 1. The van der Waals surface area contributed by atoms with Gasteiger partial charge in [0.15, 0.2) is 0 Å². The summed E-state index contributed by atoms with van der Waals surface area (Å²) in [6.07, 6.45) is 8.23. The molecule has 0 spiro atoms. The predicted molar refractivity (Wildman–Crippen MR) is 77.1 cm³/mol. The Morgan fingerprint density at radius 3 is 2.63 bits per heavy atom. The van der Waals surface area contributed by atoms with Crippen LogP contribution in [0, 0.1) is 11.8 Å². The van der Waals surface area contributed by atoms with Gasteiger partial charge in [-0.05, 0) is 48.8 Å². The van der Waals surface area contributed by atoms with Crippen molar-refractivity contribution in [3.63, 3.8) is 0 Å². The summed E-state index contributed by atoms with van der Waals surface area (Å²) in [5, 5.41) is 3.91. The van der Waals surface area contributed by atoms with E-state index >= 15 is 0 Å². The highest BCUT2D eigenvalue weighted by atomic mass is 35.5. The standard InChI is InChI=1S/C16H18ClNO/c17-14-6-2-11(3-7-14)4-8-16(19)18-15-10-12-1-5-13(15)9-12/h1-3,5-7,12-13,15H,4,8-10H2,(H,18,19). The molecule has 1 N–H and O–H groups in total. The lowest BCUT2D eigenvalue weighted by molar-refractivity contribution is -0.121. The molecule has 0 saturated heterocycles. The fraction of sp³-hybridized carbons (Fsp3) is 0.438. The third-order valence-electron chi connectivity index (χ3n) is 4.18. The molecule has 1 saturated carbocycles. The van der Waals surface area contributed by atoms with Gasteiger partial charge in [0.05, 0.1) is 0 Å². The summed E-state index contributed by atoms with van der Waals surface area (Å²) >= 11 is 5.84. The largest absolute Gasteiger partial charge is 0.353 e. The van der Waals surface area contributed by atoms with Crippen LogP contribution in [0.25, 0.3) is 0 Å². The van der Waals surface area contributed by atoms with Crippen LogP contribution in [0.15, 0.2) is 36.4 Å². The number of carbonyl (C=O) groups is 1. The van der Waals surface area contributed by atoms with Crippen LogP contribution in [0.3, 0.4) is 0 Å². The Labute approximate surface area is 118 Å². The maximum atomic E-state index is 12.0. The summed E-state index contributed by atoms with van der Waals surface area (Å²) in [6.45, 7) is 0. The lowest BCUT2D eigenvalue weighted by atomic mass is 10.0. The second kappa shape index (κ2) is 5.38. The van der Waals surface area contributed by atoms with E-state index in [1.165, 1.54) is 6.42 Å². The van der Waals surface area contributed by atoms with Gasteiger partial charge < -0.3 is 5.32 Å². The predicted octanol–water partition coefficient (Wildman–Crippen LogP) is 3.35. The number of carbonyl (C=O) groups excluding carboxylic acids is 1. The minimum atomic E-state index is 0.167. The summed E-state index contributed by atoms with van der Waals surface area (Å²) in [6, 6.07) is 8.07. The normalized spacial score (nSPS) is 27.7. The Morgan fingerprint density at radius 1 is 1.21 bits per heavy atom. The molecule has 2 nitrogen and oxygen atoms in total. The minimum Gasteiger partial charge on any atom is -0.353 e. The van der Waals surface area contributed by atoms with Crippen LogP contribution in [-0.2, 0) is 11.2 Å². The molecule has 0 radical (unpaired) electrons. The maximum Gasteiger partial charge on any atom is 0.220 e. The van der Waals surface area contributed by atoms with Gasteiger partial charge in [-0.1, -0.05) is 35.9 Å². The van der Waals surface area contributed by atoms with Crippen molar-refractivity contribution in [2.24, 2.45) is 11.8 Å². The van der Waals surface area contributed by atoms with Crippen molar-refractivity contribution in [3.8, 4) is 0 Å². The Kier molecular flexibility index (Phi) is 3.61. The second-order valence-corrected chi connectivity index (χ2v) is 6.02. The first-order chi connectivity index (χ1) is 9.20. The maximum absolute atomic E-state index is 12.0. The zero-order valence-corrected chi connectivity index (χ0v) is 11.6. The number of amides is 1. The first kappa shape index (κ1) is 12.7. The smallest absolute Gasteiger partial charge is 0.220 e. The van der Waals surface area contributed by atoms with Crippen molar-refractivity contribution in [1.29, 1.82) is 0 Å². The monoisotopic (exact) mass is 275 g/mol. The van der Waals surface area contributed by atoms with Crippen LogP contribution < -0.4 is 5.32 Å². The molecule has 3 unspecified atom stereocenters. The number of halogens is 1. The molecule has 19 heavy (non-hydrogen) atoms. The highest BCUT2D eigenvalue weighted by Gasteiger charge is 2.36. The average molecular weight is 276 g/mol. The summed E-state index contributed by atoms with van der Waals surface area (Å²) in [5.41, 5.74) is 1.16. The van der Waals surface area contributed by atoms with Gasteiger partial charge in [-0.2, -0.15) is 0 Å². The number of fused-ring (bicyclic) bond motifs is 2. The first-order valence-corrected chi connectivity index (χ1v) is 7.30. The topological polar surface area (TPSA) is 29.1 Å². The van der Waals surface area contributed by atoms with E-state index < -0.39 is 0 Å². The summed E-state index contributed by atoms with van der Waals surface area (Å²) in [7, 11) is 0. The van der Waals surface area contributed by atoms with Crippen LogP contribution in [0.4, 0.5) is 0 Å². The van der Waals surface area contributed by atoms with Crippen molar-refractivity contribution in [2.75, 3.05) is 0 Å². The molecule has 2 aliphatic rings.